The molecule has 2 aromatic carbocycles. The van der Waals surface area contributed by atoms with Crippen molar-refractivity contribution >= 4 is 17.3 Å². The first kappa shape index (κ1) is 22.2. The number of nitrogens with zero attached hydrogens (tertiary/aromatic N) is 3. The molecule has 3 aliphatic rings. The third-order valence-corrected chi connectivity index (χ3v) is 8.19. The van der Waals surface area contributed by atoms with Crippen LogP contribution >= 0.6 is 0 Å². The minimum atomic E-state index is -0.669. The fraction of sp³-hybridized carbons (Fsp3) is 0.519. The van der Waals surface area contributed by atoms with Crippen molar-refractivity contribution in [3.05, 3.63) is 59.7 Å². The minimum absolute atomic E-state index is 0.122. The third-order valence-electron chi connectivity index (χ3n) is 8.19. The predicted octanol–water partition coefficient (Wildman–Crippen LogP) is 3.31. The number of nitrogens with one attached hydrogen (secondary N) is 1. The summed E-state index contributed by atoms with van der Waals surface area (Å²) in [7, 11) is 1.89. The molecule has 0 radical (unpaired) electrons. The fourth-order valence-corrected chi connectivity index (χ4v) is 5.93. The Hall–Kier alpha value is -2.57. The van der Waals surface area contributed by atoms with Crippen molar-refractivity contribution in [2.45, 2.75) is 51.4 Å². The molecule has 2 unspecified atom stereocenters. The Labute approximate surface area is 197 Å². The van der Waals surface area contributed by atoms with Gasteiger partial charge in [0.25, 0.3) is 0 Å². The van der Waals surface area contributed by atoms with Crippen LogP contribution in [0.2, 0.25) is 0 Å². The number of hydrogen-bond donors (Lipinski definition) is 2. The zero-order valence-corrected chi connectivity index (χ0v) is 19.8. The first-order chi connectivity index (χ1) is 15.9. The lowest BCUT2D eigenvalue weighted by molar-refractivity contribution is -0.129. The van der Waals surface area contributed by atoms with Crippen LogP contribution in [0.1, 0.15) is 37.3 Å². The molecule has 5 rings (SSSR count). The number of benzene rings is 2. The Bertz CT molecular complexity index is 957. The second-order valence-corrected chi connectivity index (χ2v) is 10.2. The molecule has 1 spiro atoms. The summed E-state index contributed by atoms with van der Waals surface area (Å²) in [5.74, 6) is 0.122. The molecule has 2 aromatic rings. The summed E-state index contributed by atoms with van der Waals surface area (Å²) < 4.78 is 0. The number of fused-ring (bicyclic) bond motifs is 1. The van der Waals surface area contributed by atoms with E-state index >= 15 is 0 Å². The van der Waals surface area contributed by atoms with Crippen molar-refractivity contribution in [1.29, 1.82) is 0 Å². The highest BCUT2D eigenvalue weighted by Crippen LogP contribution is 2.44. The molecule has 0 aromatic heterocycles. The molecule has 2 atom stereocenters. The molecule has 2 fully saturated rings. The van der Waals surface area contributed by atoms with Gasteiger partial charge in [0.1, 0.15) is 0 Å². The van der Waals surface area contributed by atoms with E-state index in [2.05, 4.69) is 51.5 Å². The summed E-state index contributed by atoms with van der Waals surface area (Å²) in [6.07, 6.45) is 4.95. The van der Waals surface area contributed by atoms with Crippen LogP contribution in [0.5, 0.6) is 0 Å². The number of piperidine rings is 1. The molecule has 2 saturated heterocycles. The van der Waals surface area contributed by atoms with E-state index in [1.807, 2.05) is 24.1 Å². The topological polar surface area (TPSA) is 59.1 Å². The second kappa shape index (κ2) is 8.99. The van der Waals surface area contributed by atoms with E-state index in [0.717, 1.165) is 56.8 Å². The summed E-state index contributed by atoms with van der Waals surface area (Å²) >= 11 is 0. The van der Waals surface area contributed by atoms with Gasteiger partial charge in [-0.2, -0.15) is 0 Å². The van der Waals surface area contributed by atoms with Crippen LogP contribution < -0.4 is 10.2 Å². The summed E-state index contributed by atoms with van der Waals surface area (Å²) in [6.45, 7) is 5.28. The zero-order chi connectivity index (χ0) is 23.0. The molecular weight excluding hydrogens is 412 g/mol. The molecule has 176 valence electrons. The third kappa shape index (κ3) is 4.59. The first-order valence-corrected chi connectivity index (χ1v) is 12.3. The smallest absolute Gasteiger partial charge is 0.219 e. The number of likely N-dealkylation sites (tertiary alicyclic amines) is 1. The number of anilines is 2. The molecule has 1 amide bonds. The van der Waals surface area contributed by atoms with Crippen LogP contribution in [0, 0.1) is 5.41 Å². The Balaban J connectivity index is 1.12. The molecule has 2 heterocycles. The molecular formula is C27H36N4O2. The number of carbonyl (C=O) groups excluding carboxylic acids is 1. The number of hydrogen-bond acceptors (Lipinski definition) is 5. The van der Waals surface area contributed by atoms with E-state index in [1.54, 1.807) is 6.92 Å². The standard InChI is InChI=1S/C27H36N4O2/c1-20(32)29(2)25-11-14-31(19-25)24-9-7-23(8-10-24)28-26(33)30-15-12-27(13-16-30)17-21-5-3-4-6-22(21)18-27/h3-10,25-26,28,33H,11-19H2,1-2H3. The van der Waals surface area contributed by atoms with Crippen molar-refractivity contribution in [2.75, 3.05) is 43.4 Å². The number of aliphatic hydroxyl groups is 1. The van der Waals surface area contributed by atoms with Crippen molar-refractivity contribution in [1.82, 2.24) is 9.80 Å². The maximum atomic E-state index is 11.6. The summed E-state index contributed by atoms with van der Waals surface area (Å²) in [5.41, 5.74) is 5.50. The van der Waals surface area contributed by atoms with Gasteiger partial charge in [-0.15, -0.1) is 0 Å². The lowest BCUT2D eigenvalue weighted by Gasteiger charge is -2.41. The highest BCUT2D eigenvalue weighted by atomic mass is 16.3. The number of likely N-dealkylation sites (N-methyl/N-ethyl adjacent to an activating group) is 1. The number of rotatable bonds is 5. The van der Waals surface area contributed by atoms with Crippen LogP contribution in [0.4, 0.5) is 11.4 Å². The van der Waals surface area contributed by atoms with Crippen molar-refractivity contribution in [3.8, 4) is 0 Å². The van der Waals surface area contributed by atoms with Gasteiger partial charge in [0.15, 0.2) is 6.35 Å². The molecule has 6 heteroatoms. The molecule has 33 heavy (non-hydrogen) atoms. The molecule has 6 nitrogen and oxygen atoms in total. The number of aliphatic hydroxyl groups excluding tert-OH is 1. The maximum Gasteiger partial charge on any atom is 0.219 e. The Morgan fingerprint density at radius 1 is 1.06 bits per heavy atom. The van der Waals surface area contributed by atoms with Gasteiger partial charge >= 0.3 is 0 Å². The highest BCUT2D eigenvalue weighted by Gasteiger charge is 2.40. The maximum absolute atomic E-state index is 11.6. The van der Waals surface area contributed by atoms with Crippen LogP contribution in [0.25, 0.3) is 0 Å². The highest BCUT2D eigenvalue weighted by molar-refractivity contribution is 5.73. The summed E-state index contributed by atoms with van der Waals surface area (Å²) in [6, 6.07) is 17.4. The quantitative estimate of drug-likeness (QED) is 0.688. The van der Waals surface area contributed by atoms with Gasteiger partial charge in [-0.05, 0) is 72.9 Å². The van der Waals surface area contributed by atoms with Gasteiger partial charge < -0.3 is 20.2 Å². The van der Waals surface area contributed by atoms with Gasteiger partial charge in [-0.3, -0.25) is 9.69 Å². The van der Waals surface area contributed by atoms with E-state index < -0.39 is 6.35 Å². The largest absolute Gasteiger partial charge is 0.369 e. The average Bonchev–Trinajstić information content (AvgIpc) is 3.44. The fourth-order valence-electron chi connectivity index (χ4n) is 5.93. The number of carbonyl (C=O) groups is 1. The van der Waals surface area contributed by atoms with Gasteiger partial charge in [0.2, 0.25) is 5.91 Å². The summed E-state index contributed by atoms with van der Waals surface area (Å²) in [5, 5.41) is 14.1. The Morgan fingerprint density at radius 2 is 1.70 bits per heavy atom. The average molecular weight is 449 g/mol. The predicted molar refractivity (Wildman–Crippen MR) is 132 cm³/mol. The van der Waals surface area contributed by atoms with Gasteiger partial charge in [-0.1, -0.05) is 24.3 Å². The molecule has 1 aliphatic carbocycles. The van der Waals surface area contributed by atoms with Crippen LogP contribution in [0.3, 0.4) is 0 Å². The monoisotopic (exact) mass is 448 g/mol. The van der Waals surface area contributed by atoms with Crippen LogP contribution in [-0.2, 0) is 17.6 Å². The normalized spacial score (nSPS) is 22.9. The van der Waals surface area contributed by atoms with Crippen LogP contribution in [-0.4, -0.2) is 66.4 Å². The minimum Gasteiger partial charge on any atom is -0.369 e. The molecule has 2 N–H and O–H groups in total. The van der Waals surface area contributed by atoms with Crippen molar-refractivity contribution in [2.24, 2.45) is 5.41 Å². The molecule has 2 aliphatic heterocycles. The molecule has 0 saturated carbocycles. The molecule has 0 bridgehead atoms. The van der Waals surface area contributed by atoms with E-state index in [1.165, 1.54) is 24.0 Å². The zero-order valence-electron chi connectivity index (χ0n) is 19.8. The SMILES string of the molecule is CC(=O)N(C)C1CCN(c2ccc(NC(O)N3CCC4(CC3)Cc3ccccc3C4)cc2)C1. The van der Waals surface area contributed by atoms with E-state index in [9.17, 15) is 9.90 Å². The van der Waals surface area contributed by atoms with Gasteiger partial charge in [-0.25, -0.2) is 0 Å². The number of amides is 1. The lowest BCUT2D eigenvalue weighted by Crippen LogP contribution is -2.48. The van der Waals surface area contributed by atoms with E-state index in [-0.39, 0.29) is 11.9 Å². The van der Waals surface area contributed by atoms with Crippen molar-refractivity contribution in [3.63, 3.8) is 0 Å². The van der Waals surface area contributed by atoms with E-state index in [0.29, 0.717) is 5.41 Å². The van der Waals surface area contributed by atoms with E-state index in [4.69, 9.17) is 0 Å². The second-order valence-electron chi connectivity index (χ2n) is 10.2. The Morgan fingerprint density at radius 3 is 2.30 bits per heavy atom. The lowest BCUT2D eigenvalue weighted by atomic mass is 9.76. The van der Waals surface area contributed by atoms with Crippen LogP contribution in [0.15, 0.2) is 48.5 Å². The van der Waals surface area contributed by atoms with Gasteiger partial charge in [0, 0.05) is 51.5 Å². The first-order valence-electron chi connectivity index (χ1n) is 12.3. The van der Waals surface area contributed by atoms with Gasteiger partial charge in [0.05, 0.1) is 6.04 Å². The summed E-state index contributed by atoms with van der Waals surface area (Å²) in [4.78, 5) is 18.0. The van der Waals surface area contributed by atoms with Crippen molar-refractivity contribution < 1.29 is 9.90 Å². The Kier molecular flexibility index (Phi) is 6.06.